The average Bonchev–Trinajstić information content (AvgIpc) is 3.12. The molecule has 6 nitrogen and oxygen atoms in total. The minimum Gasteiger partial charge on any atom is -0.459 e. The standard InChI is InChI=1S/C22H29N3O3/c1-16-5-3-9-23-18(16)13-24-11-6-19(26)22(14-24)8-4-10-25(15-22)21(27)20-17(2)7-12-28-20/h3,5,7,9,12,19,26H,4,6,8,10-11,13-15H2,1-2H3/t19-,22-/m1/s1. The second kappa shape index (κ2) is 7.68. The van der Waals surface area contributed by atoms with Gasteiger partial charge in [-0.05, 0) is 50.8 Å². The summed E-state index contributed by atoms with van der Waals surface area (Å²) in [5.74, 6) is 0.356. The first kappa shape index (κ1) is 19.2. The second-order valence-electron chi connectivity index (χ2n) is 8.41. The molecule has 4 heterocycles. The van der Waals surface area contributed by atoms with E-state index in [1.807, 2.05) is 30.2 Å². The van der Waals surface area contributed by atoms with Gasteiger partial charge in [-0.15, -0.1) is 0 Å². The first-order valence-electron chi connectivity index (χ1n) is 10.1. The van der Waals surface area contributed by atoms with E-state index in [0.29, 0.717) is 18.8 Å². The third-order valence-electron chi connectivity index (χ3n) is 6.41. The summed E-state index contributed by atoms with van der Waals surface area (Å²) in [4.78, 5) is 21.7. The summed E-state index contributed by atoms with van der Waals surface area (Å²) >= 11 is 0. The normalized spacial score (nSPS) is 26.0. The largest absolute Gasteiger partial charge is 0.459 e. The Labute approximate surface area is 166 Å². The molecule has 6 heteroatoms. The lowest BCUT2D eigenvalue weighted by Gasteiger charge is -2.51. The van der Waals surface area contributed by atoms with Crippen molar-refractivity contribution >= 4 is 5.91 Å². The maximum atomic E-state index is 13.0. The van der Waals surface area contributed by atoms with Gasteiger partial charge in [0.15, 0.2) is 5.76 Å². The number of aryl methyl sites for hydroxylation is 2. The molecule has 2 aliphatic heterocycles. The number of likely N-dealkylation sites (tertiary alicyclic amines) is 2. The van der Waals surface area contributed by atoms with Crippen molar-refractivity contribution in [3.63, 3.8) is 0 Å². The molecule has 28 heavy (non-hydrogen) atoms. The van der Waals surface area contributed by atoms with E-state index in [-0.39, 0.29) is 17.4 Å². The zero-order chi connectivity index (χ0) is 19.7. The van der Waals surface area contributed by atoms with Crippen LogP contribution in [0.2, 0.25) is 0 Å². The first-order valence-corrected chi connectivity index (χ1v) is 10.1. The predicted molar refractivity (Wildman–Crippen MR) is 106 cm³/mol. The molecular formula is C22H29N3O3. The molecule has 1 spiro atoms. The molecule has 1 N–H and O–H groups in total. The monoisotopic (exact) mass is 383 g/mol. The Morgan fingerprint density at radius 3 is 2.89 bits per heavy atom. The summed E-state index contributed by atoms with van der Waals surface area (Å²) in [7, 11) is 0. The van der Waals surface area contributed by atoms with E-state index in [1.165, 1.54) is 5.56 Å². The number of amides is 1. The van der Waals surface area contributed by atoms with Crippen molar-refractivity contribution in [3.05, 3.63) is 53.2 Å². The van der Waals surface area contributed by atoms with Crippen LogP contribution in [0.4, 0.5) is 0 Å². The fourth-order valence-corrected chi connectivity index (χ4v) is 4.74. The summed E-state index contributed by atoms with van der Waals surface area (Å²) in [6.45, 7) is 7.69. The fourth-order valence-electron chi connectivity index (χ4n) is 4.74. The molecule has 150 valence electrons. The molecule has 0 aliphatic carbocycles. The highest BCUT2D eigenvalue weighted by Gasteiger charge is 2.46. The molecule has 2 aromatic rings. The van der Waals surface area contributed by atoms with Crippen molar-refractivity contribution in [2.24, 2.45) is 5.41 Å². The van der Waals surface area contributed by atoms with Crippen molar-refractivity contribution < 1.29 is 14.3 Å². The van der Waals surface area contributed by atoms with Gasteiger partial charge in [0.25, 0.3) is 5.91 Å². The number of aliphatic hydroxyl groups excluding tert-OH is 1. The number of pyridine rings is 1. The number of carbonyl (C=O) groups excluding carboxylic acids is 1. The highest BCUT2D eigenvalue weighted by Crippen LogP contribution is 2.39. The SMILES string of the molecule is Cc1cccnc1CN1CC[C@@H](O)[C@]2(CCCN(C(=O)c3occc3C)C2)C1. The number of piperidine rings is 2. The molecule has 2 aromatic heterocycles. The van der Waals surface area contributed by atoms with Gasteiger partial charge in [0, 0.05) is 49.9 Å². The van der Waals surface area contributed by atoms with Gasteiger partial charge in [-0.2, -0.15) is 0 Å². The zero-order valence-electron chi connectivity index (χ0n) is 16.7. The van der Waals surface area contributed by atoms with Gasteiger partial charge >= 0.3 is 0 Å². The highest BCUT2D eigenvalue weighted by atomic mass is 16.3. The number of aliphatic hydroxyl groups is 1. The quantitative estimate of drug-likeness (QED) is 0.883. The lowest BCUT2D eigenvalue weighted by molar-refractivity contribution is -0.0811. The van der Waals surface area contributed by atoms with E-state index in [4.69, 9.17) is 4.42 Å². The summed E-state index contributed by atoms with van der Waals surface area (Å²) < 4.78 is 5.42. The van der Waals surface area contributed by atoms with Gasteiger partial charge in [0.2, 0.25) is 0 Å². The van der Waals surface area contributed by atoms with Crippen LogP contribution in [0.5, 0.6) is 0 Å². The Kier molecular flexibility index (Phi) is 5.25. The molecular weight excluding hydrogens is 354 g/mol. The van der Waals surface area contributed by atoms with Crippen molar-refractivity contribution in [1.29, 1.82) is 0 Å². The third-order valence-corrected chi connectivity index (χ3v) is 6.41. The molecule has 2 fully saturated rings. The van der Waals surface area contributed by atoms with Gasteiger partial charge in [-0.3, -0.25) is 14.7 Å². The number of aromatic nitrogens is 1. The Morgan fingerprint density at radius 1 is 1.29 bits per heavy atom. The average molecular weight is 383 g/mol. The topological polar surface area (TPSA) is 69.8 Å². The molecule has 0 saturated carbocycles. The number of rotatable bonds is 3. The summed E-state index contributed by atoms with van der Waals surface area (Å²) in [5, 5.41) is 10.9. The highest BCUT2D eigenvalue weighted by molar-refractivity contribution is 5.93. The number of carbonyl (C=O) groups is 1. The zero-order valence-corrected chi connectivity index (χ0v) is 16.7. The first-order chi connectivity index (χ1) is 13.5. The van der Waals surface area contributed by atoms with Crippen molar-refractivity contribution in [2.45, 2.75) is 45.8 Å². The molecule has 0 aromatic carbocycles. The summed E-state index contributed by atoms with van der Waals surface area (Å²) in [5.41, 5.74) is 2.86. The van der Waals surface area contributed by atoms with Crippen LogP contribution in [-0.4, -0.2) is 58.1 Å². The maximum Gasteiger partial charge on any atom is 0.289 e. The van der Waals surface area contributed by atoms with Crippen LogP contribution in [0, 0.1) is 19.3 Å². The van der Waals surface area contributed by atoms with E-state index < -0.39 is 0 Å². The Morgan fingerprint density at radius 2 is 2.14 bits per heavy atom. The predicted octanol–water partition coefficient (Wildman–Crippen LogP) is 2.78. The Hall–Kier alpha value is -2.18. The minimum atomic E-state index is -0.387. The smallest absolute Gasteiger partial charge is 0.289 e. The van der Waals surface area contributed by atoms with Crippen LogP contribution in [-0.2, 0) is 6.54 Å². The second-order valence-corrected chi connectivity index (χ2v) is 8.41. The van der Waals surface area contributed by atoms with Crippen molar-refractivity contribution in [2.75, 3.05) is 26.2 Å². The lowest BCUT2D eigenvalue weighted by Crippen LogP contribution is -2.59. The van der Waals surface area contributed by atoms with E-state index in [9.17, 15) is 9.90 Å². The molecule has 1 amide bonds. The van der Waals surface area contributed by atoms with Crippen LogP contribution >= 0.6 is 0 Å². The van der Waals surface area contributed by atoms with Gasteiger partial charge in [0.05, 0.1) is 18.1 Å². The van der Waals surface area contributed by atoms with Crippen LogP contribution in [0.15, 0.2) is 35.1 Å². The van der Waals surface area contributed by atoms with E-state index in [2.05, 4.69) is 22.9 Å². The molecule has 2 aliphatic rings. The Balaban J connectivity index is 1.51. The molecule has 2 atom stereocenters. The lowest BCUT2D eigenvalue weighted by atomic mass is 9.71. The van der Waals surface area contributed by atoms with Crippen LogP contribution in [0.3, 0.4) is 0 Å². The van der Waals surface area contributed by atoms with Crippen LogP contribution < -0.4 is 0 Å². The number of hydrogen-bond donors (Lipinski definition) is 1. The fraction of sp³-hybridized carbons (Fsp3) is 0.545. The maximum absolute atomic E-state index is 13.0. The number of nitrogens with zero attached hydrogens (tertiary/aromatic N) is 3. The summed E-state index contributed by atoms with van der Waals surface area (Å²) in [6.07, 6.45) is 5.58. The van der Waals surface area contributed by atoms with Crippen LogP contribution in [0.25, 0.3) is 0 Å². The number of hydrogen-bond acceptors (Lipinski definition) is 5. The van der Waals surface area contributed by atoms with E-state index in [0.717, 1.165) is 50.2 Å². The van der Waals surface area contributed by atoms with E-state index >= 15 is 0 Å². The van der Waals surface area contributed by atoms with E-state index in [1.54, 1.807) is 6.26 Å². The third kappa shape index (κ3) is 3.59. The van der Waals surface area contributed by atoms with Crippen molar-refractivity contribution in [3.8, 4) is 0 Å². The number of furan rings is 1. The van der Waals surface area contributed by atoms with Gasteiger partial charge in [0.1, 0.15) is 0 Å². The minimum absolute atomic E-state index is 0.0635. The van der Waals surface area contributed by atoms with Gasteiger partial charge in [-0.25, -0.2) is 0 Å². The van der Waals surface area contributed by atoms with Crippen LogP contribution in [0.1, 0.15) is 46.6 Å². The summed E-state index contributed by atoms with van der Waals surface area (Å²) in [6, 6.07) is 5.87. The molecule has 4 rings (SSSR count). The van der Waals surface area contributed by atoms with Gasteiger partial charge in [-0.1, -0.05) is 6.07 Å². The molecule has 2 saturated heterocycles. The Bertz CT molecular complexity index is 849. The molecule has 0 radical (unpaired) electrons. The molecule has 0 bridgehead atoms. The van der Waals surface area contributed by atoms with Crippen molar-refractivity contribution in [1.82, 2.24) is 14.8 Å². The van der Waals surface area contributed by atoms with Gasteiger partial charge < -0.3 is 14.4 Å². The molecule has 0 unspecified atom stereocenters.